The number of nitrogens with zero attached hydrogens (tertiary/aromatic N) is 1. The maximum atomic E-state index is 6.13. The number of nitrogens with one attached hydrogen (secondary N) is 1. The molecule has 0 atom stereocenters. The van der Waals surface area contributed by atoms with Crippen LogP contribution in [0.15, 0.2) is 30.5 Å². The van der Waals surface area contributed by atoms with Crippen LogP contribution in [0.3, 0.4) is 0 Å². The molecule has 3 nitrogen and oxygen atoms in total. The molecule has 1 N–H and O–H groups in total. The Morgan fingerprint density at radius 1 is 1.29 bits per heavy atom. The van der Waals surface area contributed by atoms with E-state index in [1.165, 1.54) is 11.1 Å². The molecule has 0 unspecified atom stereocenters. The fourth-order valence-corrected chi connectivity index (χ4v) is 2.33. The van der Waals surface area contributed by atoms with Crippen molar-refractivity contribution in [3.8, 4) is 11.6 Å². The highest BCUT2D eigenvalue weighted by molar-refractivity contribution is 6.31. The average Bonchev–Trinajstić information content (AvgIpc) is 2.42. The van der Waals surface area contributed by atoms with Crippen LogP contribution in [-0.2, 0) is 6.54 Å². The maximum absolute atomic E-state index is 6.13. The minimum atomic E-state index is 0.393. The van der Waals surface area contributed by atoms with Gasteiger partial charge < -0.3 is 10.1 Å². The van der Waals surface area contributed by atoms with Gasteiger partial charge in [-0.15, -0.1) is 0 Å². The van der Waals surface area contributed by atoms with Crippen LogP contribution in [0.4, 0.5) is 0 Å². The van der Waals surface area contributed by atoms with Crippen LogP contribution in [0.5, 0.6) is 11.6 Å². The van der Waals surface area contributed by atoms with Gasteiger partial charge in [-0.1, -0.05) is 37.6 Å². The van der Waals surface area contributed by atoms with Crippen molar-refractivity contribution in [2.75, 3.05) is 7.05 Å². The van der Waals surface area contributed by atoms with Gasteiger partial charge in [0, 0.05) is 18.8 Å². The molecule has 0 fully saturated rings. The highest BCUT2D eigenvalue weighted by atomic mass is 35.5. The van der Waals surface area contributed by atoms with Crippen molar-refractivity contribution in [2.24, 2.45) is 0 Å². The summed E-state index contributed by atoms with van der Waals surface area (Å²) in [5, 5.41) is 3.73. The fraction of sp³-hybridized carbons (Fsp3) is 0.353. The molecule has 0 saturated heterocycles. The third kappa shape index (κ3) is 3.96. The number of halogens is 1. The minimum absolute atomic E-state index is 0.393. The lowest BCUT2D eigenvalue weighted by Crippen LogP contribution is -2.06. The fourth-order valence-electron chi connectivity index (χ4n) is 2.16. The first-order chi connectivity index (χ1) is 10.0. The Labute approximate surface area is 131 Å². The van der Waals surface area contributed by atoms with Crippen LogP contribution in [0.1, 0.15) is 36.5 Å². The van der Waals surface area contributed by atoms with E-state index in [-0.39, 0.29) is 0 Å². The Morgan fingerprint density at radius 2 is 2.05 bits per heavy atom. The van der Waals surface area contributed by atoms with Crippen molar-refractivity contribution in [3.05, 3.63) is 52.2 Å². The summed E-state index contributed by atoms with van der Waals surface area (Å²) in [6, 6.07) is 8.14. The first-order valence-electron chi connectivity index (χ1n) is 7.08. The van der Waals surface area contributed by atoms with Crippen molar-refractivity contribution in [1.82, 2.24) is 10.3 Å². The molecule has 0 amide bonds. The minimum Gasteiger partial charge on any atom is -0.439 e. The van der Waals surface area contributed by atoms with Gasteiger partial charge in [0.25, 0.3) is 0 Å². The molecule has 1 aromatic carbocycles. The van der Waals surface area contributed by atoms with Gasteiger partial charge in [-0.25, -0.2) is 4.98 Å². The number of aryl methyl sites for hydroxylation is 1. The van der Waals surface area contributed by atoms with Gasteiger partial charge in [0.15, 0.2) is 0 Å². The lowest BCUT2D eigenvalue weighted by Gasteiger charge is -2.14. The van der Waals surface area contributed by atoms with Gasteiger partial charge in [0.2, 0.25) is 5.88 Å². The molecule has 0 aliphatic rings. The molecule has 0 saturated carbocycles. The summed E-state index contributed by atoms with van der Waals surface area (Å²) >= 11 is 6.13. The quantitative estimate of drug-likeness (QED) is 0.871. The maximum Gasteiger partial charge on any atom is 0.219 e. The number of pyridine rings is 1. The van der Waals surface area contributed by atoms with Crippen LogP contribution in [0.25, 0.3) is 0 Å². The van der Waals surface area contributed by atoms with Gasteiger partial charge in [-0.05, 0) is 42.6 Å². The molecule has 1 aromatic heterocycles. The molecule has 1 heterocycles. The smallest absolute Gasteiger partial charge is 0.219 e. The summed E-state index contributed by atoms with van der Waals surface area (Å²) in [6.07, 6.45) is 1.63. The van der Waals surface area contributed by atoms with Crippen molar-refractivity contribution in [1.29, 1.82) is 0 Å². The topological polar surface area (TPSA) is 34.1 Å². The zero-order valence-electron chi connectivity index (χ0n) is 12.9. The zero-order valence-corrected chi connectivity index (χ0v) is 13.7. The van der Waals surface area contributed by atoms with E-state index in [4.69, 9.17) is 16.3 Å². The van der Waals surface area contributed by atoms with E-state index in [2.05, 4.69) is 43.2 Å². The number of rotatable bonds is 5. The van der Waals surface area contributed by atoms with Crippen LogP contribution in [-0.4, -0.2) is 12.0 Å². The Hall–Kier alpha value is -1.58. The number of benzene rings is 1. The molecule has 112 valence electrons. The number of ether oxygens (including phenoxy) is 1. The summed E-state index contributed by atoms with van der Waals surface area (Å²) in [5.41, 5.74) is 3.31. The highest BCUT2D eigenvalue weighted by Gasteiger charge is 2.11. The van der Waals surface area contributed by atoms with Crippen molar-refractivity contribution < 1.29 is 4.74 Å². The van der Waals surface area contributed by atoms with Crippen molar-refractivity contribution in [2.45, 2.75) is 33.2 Å². The molecule has 21 heavy (non-hydrogen) atoms. The molecule has 2 aromatic rings. The lowest BCUT2D eigenvalue weighted by atomic mass is 10.0. The van der Waals surface area contributed by atoms with E-state index in [1.807, 2.05) is 19.2 Å². The van der Waals surface area contributed by atoms with Gasteiger partial charge in [0.05, 0.1) is 5.02 Å². The molecular formula is C17H21ClN2O. The average molecular weight is 305 g/mol. The molecule has 0 bridgehead atoms. The first-order valence-corrected chi connectivity index (χ1v) is 7.46. The second kappa shape index (κ2) is 6.92. The Balaban J connectivity index is 2.33. The highest BCUT2D eigenvalue weighted by Crippen LogP contribution is 2.31. The summed E-state index contributed by atoms with van der Waals surface area (Å²) < 4.78 is 6.00. The number of hydrogen-bond donors (Lipinski definition) is 1. The van der Waals surface area contributed by atoms with E-state index in [0.29, 0.717) is 23.4 Å². The Bertz CT molecular complexity index is 626. The number of aromatic nitrogens is 1. The number of hydrogen-bond acceptors (Lipinski definition) is 3. The van der Waals surface area contributed by atoms with Crippen LogP contribution in [0.2, 0.25) is 5.02 Å². The summed E-state index contributed by atoms with van der Waals surface area (Å²) in [7, 11) is 1.88. The van der Waals surface area contributed by atoms with Crippen molar-refractivity contribution >= 4 is 11.6 Å². The van der Waals surface area contributed by atoms with E-state index >= 15 is 0 Å². The molecular weight excluding hydrogens is 284 g/mol. The second-order valence-corrected chi connectivity index (χ2v) is 5.85. The van der Waals surface area contributed by atoms with E-state index in [9.17, 15) is 0 Å². The monoisotopic (exact) mass is 304 g/mol. The molecule has 4 heteroatoms. The molecule has 2 rings (SSSR count). The third-order valence-electron chi connectivity index (χ3n) is 3.28. The van der Waals surface area contributed by atoms with Crippen molar-refractivity contribution in [3.63, 3.8) is 0 Å². The largest absolute Gasteiger partial charge is 0.439 e. The molecule has 0 radical (unpaired) electrons. The normalized spacial score (nSPS) is 11.0. The SMILES string of the molecule is CNCc1cc(Oc2cc(C)ccc2C(C)C)ncc1Cl. The summed E-state index contributed by atoms with van der Waals surface area (Å²) in [6.45, 7) is 7.04. The van der Waals surface area contributed by atoms with E-state index in [1.54, 1.807) is 6.20 Å². The van der Waals surface area contributed by atoms with Gasteiger partial charge >= 0.3 is 0 Å². The van der Waals surface area contributed by atoms with E-state index in [0.717, 1.165) is 11.3 Å². The van der Waals surface area contributed by atoms with E-state index < -0.39 is 0 Å². The Kier molecular flexibility index (Phi) is 5.21. The standard InChI is InChI=1S/C17H21ClN2O/c1-11(2)14-6-5-12(3)7-16(14)21-17-8-13(9-19-4)15(18)10-20-17/h5-8,10-11,19H,9H2,1-4H3. The van der Waals surface area contributed by atoms with Gasteiger partial charge in [-0.2, -0.15) is 0 Å². The van der Waals surface area contributed by atoms with Crippen LogP contribution < -0.4 is 10.1 Å². The second-order valence-electron chi connectivity index (χ2n) is 5.44. The van der Waals surface area contributed by atoms with Crippen LogP contribution in [0, 0.1) is 6.92 Å². The summed E-state index contributed by atoms with van der Waals surface area (Å²) in [5.74, 6) is 1.82. The lowest BCUT2D eigenvalue weighted by molar-refractivity contribution is 0.453. The molecule has 0 spiro atoms. The predicted molar refractivity (Wildman–Crippen MR) is 87.4 cm³/mol. The third-order valence-corrected chi connectivity index (χ3v) is 3.62. The summed E-state index contributed by atoms with van der Waals surface area (Å²) in [4.78, 5) is 4.26. The molecule has 0 aliphatic carbocycles. The van der Waals surface area contributed by atoms with Gasteiger partial charge in [-0.3, -0.25) is 0 Å². The van der Waals surface area contributed by atoms with Gasteiger partial charge in [0.1, 0.15) is 5.75 Å². The zero-order chi connectivity index (χ0) is 15.4. The first kappa shape index (κ1) is 15.8. The Morgan fingerprint density at radius 3 is 2.71 bits per heavy atom. The predicted octanol–water partition coefficient (Wildman–Crippen LogP) is 4.68. The van der Waals surface area contributed by atoms with Crippen LogP contribution >= 0.6 is 11.6 Å². The molecule has 0 aliphatic heterocycles.